The molecule has 1 N–H and O–H groups in total. The Kier molecular flexibility index (Phi) is 5.87. The number of hydrogen-bond acceptors (Lipinski definition) is 5. The molecule has 0 atom stereocenters. The molecule has 8 heteroatoms. The molecule has 0 saturated carbocycles. The number of carbonyl (C=O) groups excluding carboxylic acids is 3. The average molecular weight is 431 g/mol. The molecule has 1 saturated heterocycles. The SMILES string of the molecule is COCCN1C(=O)/C(=C/c2cccn2-c2ccc(O)cc2)C(=O)N(c2ccccc2)C1=O. The Morgan fingerprint density at radius 2 is 1.59 bits per heavy atom. The summed E-state index contributed by atoms with van der Waals surface area (Å²) in [6.45, 7) is 0.159. The quantitative estimate of drug-likeness (QED) is 0.478. The summed E-state index contributed by atoms with van der Waals surface area (Å²) < 4.78 is 6.82. The summed E-state index contributed by atoms with van der Waals surface area (Å²) in [5, 5.41) is 9.55. The van der Waals surface area contributed by atoms with E-state index in [1.165, 1.54) is 13.2 Å². The average Bonchev–Trinajstić information content (AvgIpc) is 3.26. The van der Waals surface area contributed by atoms with E-state index in [9.17, 15) is 19.5 Å². The molecule has 3 aromatic rings. The number of phenols is 1. The molecule has 2 aromatic carbocycles. The van der Waals surface area contributed by atoms with E-state index in [0.717, 1.165) is 15.5 Å². The van der Waals surface area contributed by atoms with E-state index in [2.05, 4.69) is 0 Å². The first-order chi connectivity index (χ1) is 15.5. The Labute approximate surface area is 184 Å². The molecule has 0 aliphatic carbocycles. The summed E-state index contributed by atoms with van der Waals surface area (Å²) in [6.07, 6.45) is 3.25. The zero-order chi connectivity index (χ0) is 22.7. The molecule has 0 unspecified atom stereocenters. The maximum atomic E-state index is 13.3. The minimum atomic E-state index is -0.714. The first-order valence-electron chi connectivity index (χ1n) is 9.94. The Hall–Kier alpha value is -4.17. The Morgan fingerprint density at radius 1 is 0.875 bits per heavy atom. The van der Waals surface area contributed by atoms with E-state index in [1.54, 1.807) is 77.5 Å². The van der Waals surface area contributed by atoms with Crippen LogP contribution in [0.5, 0.6) is 5.75 Å². The van der Waals surface area contributed by atoms with Crippen molar-refractivity contribution in [1.29, 1.82) is 0 Å². The van der Waals surface area contributed by atoms with E-state index in [0.29, 0.717) is 11.4 Å². The number of phenolic OH excluding ortho intramolecular Hbond substituents is 1. The van der Waals surface area contributed by atoms with E-state index in [-0.39, 0.29) is 24.5 Å². The summed E-state index contributed by atoms with van der Waals surface area (Å²) in [4.78, 5) is 41.5. The van der Waals surface area contributed by atoms with Crippen LogP contribution in [0.1, 0.15) is 5.69 Å². The number of urea groups is 1. The minimum absolute atomic E-state index is 0.0150. The van der Waals surface area contributed by atoms with Gasteiger partial charge >= 0.3 is 6.03 Å². The van der Waals surface area contributed by atoms with Gasteiger partial charge in [-0.1, -0.05) is 18.2 Å². The lowest BCUT2D eigenvalue weighted by molar-refractivity contribution is -0.129. The van der Waals surface area contributed by atoms with E-state index in [4.69, 9.17) is 4.74 Å². The van der Waals surface area contributed by atoms with Gasteiger partial charge in [-0.05, 0) is 54.6 Å². The van der Waals surface area contributed by atoms with Gasteiger partial charge in [0.2, 0.25) is 0 Å². The van der Waals surface area contributed by atoms with Gasteiger partial charge in [-0.3, -0.25) is 14.5 Å². The van der Waals surface area contributed by atoms with Crippen LogP contribution in [0.4, 0.5) is 10.5 Å². The molecular weight excluding hydrogens is 410 g/mol. The number of anilines is 1. The standard InChI is InChI=1S/C24H21N3O5/c1-32-15-14-26-22(29)21(23(30)27(24(26)31)18-6-3-2-4-7-18)16-19-8-5-13-25(19)17-9-11-20(28)12-10-17/h2-13,16,28H,14-15H2,1H3/b21-16-. The summed E-state index contributed by atoms with van der Waals surface area (Å²) in [7, 11) is 1.47. The number of rotatable bonds is 6. The predicted molar refractivity (Wildman–Crippen MR) is 118 cm³/mol. The van der Waals surface area contributed by atoms with Crippen molar-refractivity contribution in [1.82, 2.24) is 9.47 Å². The largest absolute Gasteiger partial charge is 0.508 e. The van der Waals surface area contributed by atoms with Gasteiger partial charge in [0.15, 0.2) is 0 Å². The first-order valence-corrected chi connectivity index (χ1v) is 9.94. The maximum absolute atomic E-state index is 13.3. The van der Waals surface area contributed by atoms with Crippen LogP contribution >= 0.6 is 0 Å². The lowest BCUT2D eigenvalue weighted by Gasteiger charge is -2.33. The van der Waals surface area contributed by atoms with Gasteiger partial charge in [-0.2, -0.15) is 0 Å². The van der Waals surface area contributed by atoms with Gasteiger partial charge in [-0.15, -0.1) is 0 Å². The maximum Gasteiger partial charge on any atom is 0.338 e. The molecular formula is C24H21N3O5. The monoisotopic (exact) mass is 431 g/mol. The van der Waals surface area contributed by atoms with Crippen LogP contribution in [0.25, 0.3) is 11.8 Å². The second-order valence-corrected chi connectivity index (χ2v) is 7.09. The highest BCUT2D eigenvalue weighted by Crippen LogP contribution is 2.26. The Balaban J connectivity index is 1.78. The molecule has 162 valence electrons. The number of amides is 4. The molecule has 1 aliphatic heterocycles. The smallest absolute Gasteiger partial charge is 0.338 e. The fourth-order valence-corrected chi connectivity index (χ4v) is 3.47. The highest BCUT2D eigenvalue weighted by molar-refractivity contribution is 6.39. The fraction of sp³-hybridized carbons (Fsp3) is 0.125. The summed E-state index contributed by atoms with van der Waals surface area (Å²) in [5.74, 6) is -1.25. The van der Waals surface area contributed by atoms with Crippen molar-refractivity contribution in [3.05, 3.63) is 84.2 Å². The lowest BCUT2D eigenvalue weighted by atomic mass is 10.1. The zero-order valence-electron chi connectivity index (χ0n) is 17.3. The molecule has 1 aromatic heterocycles. The second kappa shape index (κ2) is 8.91. The number of imide groups is 2. The highest BCUT2D eigenvalue weighted by atomic mass is 16.5. The van der Waals surface area contributed by atoms with Crippen molar-refractivity contribution in [3.8, 4) is 11.4 Å². The molecule has 1 fully saturated rings. The molecule has 32 heavy (non-hydrogen) atoms. The van der Waals surface area contributed by atoms with Gasteiger partial charge in [0.25, 0.3) is 11.8 Å². The fourth-order valence-electron chi connectivity index (χ4n) is 3.47. The van der Waals surface area contributed by atoms with Crippen molar-refractivity contribution < 1.29 is 24.2 Å². The molecule has 0 spiro atoms. The number of aromatic nitrogens is 1. The van der Waals surface area contributed by atoms with Crippen LogP contribution in [-0.4, -0.2) is 52.7 Å². The van der Waals surface area contributed by atoms with E-state index < -0.39 is 17.8 Å². The van der Waals surface area contributed by atoms with Crippen LogP contribution in [0.2, 0.25) is 0 Å². The first kappa shape index (κ1) is 21.1. The van der Waals surface area contributed by atoms with Gasteiger partial charge < -0.3 is 14.4 Å². The molecule has 0 bridgehead atoms. The number of methoxy groups -OCH3 is 1. The number of benzene rings is 2. The number of aromatic hydroxyl groups is 1. The summed E-state index contributed by atoms with van der Waals surface area (Å²) >= 11 is 0. The van der Waals surface area contributed by atoms with Crippen LogP contribution in [0.3, 0.4) is 0 Å². The molecule has 4 rings (SSSR count). The lowest BCUT2D eigenvalue weighted by Crippen LogP contribution is -2.57. The molecule has 2 heterocycles. The normalized spacial score (nSPS) is 15.7. The third-order valence-electron chi connectivity index (χ3n) is 5.07. The number of barbiturate groups is 1. The number of ether oxygens (including phenoxy) is 1. The van der Waals surface area contributed by atoms with E-state index >= 15 is 0 Å². The second-order valence-electron chi connectivity index (χ2n) is 7.09. The van der Waals surface area contributed by atoms with Crippen LogP contribution in [-0.2, 0) is 14.3 Å². The number of nitrogens with zero attached hydrogens (tertiary/aromatic N) is 3. The topological polar surface area (TPSA) is 92.1 Å². The Bertz CT molecular complexity index is 1180. The third kappa shape index (κ3) is 3.91. The van der Waals surface area contributed by atoms with Gasteiger partial charge in [-0.25, -0.2) is 9.69 Å². The van der Waals surface area contributed by atoms with Crippen LogP contribution < -0.4 is 4.90 Å². The van der Waals surface area contributed by atoms with Crippen molar-refractivity contribution in [2.24, 2.45) is 0 Å². The predicted octanol–water partition coefficient (Wildman–Crippen LogP) is 3.21. The molecule has 1 aliphatic rings. The van der Waals surface area contributed by atoms with E-state index in [1.807, 2.05) is 0 Å². The number of carbonyl (C=O) groups is 3. The van der Waals surface area contributed by atoms with Gasteiger partial charge in [0.05, 0.1) is 18.8 Å². The van der Waals surface area contributed by atoms with Crippen molar-refractivity contribution in [2.45, 2.75) is 0 Å². The number of para-hydroxylation sites is 1. The molecule has 0 radical (unpaired) electrons. The van der Waals surface area contributed by atoms with Crippen LogP contribution in [0.15, 0.2) is 78.5 Å². The van der Waals surface area contributed by atoms with Crippen molar-refractivity contribution >= 4 is 29.6 Å². The summed E-state index contributed by atoms with van der Waals surface area (Å²) in [6, 6.07) is 17.8. The highest BCUT2D eigenvalue weighted by Gasteiger charge is 2.42. The third-order valence-corrected chi connectivity index (χ3v) is 5.07. The van der Waals surface area contributed by atoms with Crippen molar-refractivity contribution in [3.63, 3.8) is 0 Å². The van der Waals surface area contributed by atoms with Gasteiger partial charge in [0, 0.05) is 24.7 Å². The van der Waals surface area contributed by atoms with Gasteiger partial charge in [0.1, 0.15) is 11.3 Å². The van der Waals surface area contributed by atoms with Crippen LogP contribution in [0, 0.1) is 0 Å². The molecule has 8 nitrogen and oxygen atoms in total. The van der Waals surface area contributed by atoms with Crippen molar-refractivity contribution in [2.75, 3.05) is 25.2 Å². The Morgan fingerprint density at radius 3 is 2.28 bits per heavy atom. The molecule has 4 amide bonds. The summed E-state index contributed by atoms with van der Waals surface area (Å²) in [5.41, 5.74) is 1.55. The minimum Gasteiger partial charge on any atom is -0.508 e. The zero-order valence-corrected chi connectivity index (χ0v) is 17.3. The number of hydrogen-bond donors (Lipinski definition) is 1.